The predicted octanol–water partition coefficient (Wildman–Crippen LogP) is 2.57. The molecule has 0 aliphatic heterocycles. The van der Waals surface area contributed by atoms with E-state index in [1.165, 1.54) is 0 Å². The summed E-state index contributed by atoms with van der Waals surface area (Å²) in [7, 11) is 1.59. The molecule has 0 bridgehead atoms. The number of nitrogens with one attached hydrogen (secondary N) is 1. The van der Waals surface area contributed by atoms with Gasteiger partial charge in [-0.2, -0.15) is 5.48 Å². The third-order valence-electron chi connectivity index (χ3n) is 2.98. The molecule has 0 spiro atoms. The Morgan fingerprint density at radius 2 is 1.90 bits per heavy atom. The number of amides is 1. The Morgan fingerprint density at radius 3 is 2.35 bits per heavy atom. The van der Waals surface area contributed by atoms with Gasteiger partial charge in [0.05, 0.1) is 5.75 Å². The number of hydrogen-bond acceptors (Lipinski definition) is 5. The van der Waals surface area contributed by atoms with Gasteiger partial charge >= 0.3 is 6.09 Å². The van der Waals surface area contributed by atoms with Gasteiger partial charge in [-0.3, -0.25) is 4.84 Å². The molecule has 0 aromatic heterocycles. The van der Waals surface area contributed by atoms with E-state index >= 15 is 0 Å². The molecule has 1 aliphatic rings. The molecule has 118 valence electrons. The molecule has 8 heteroatoms. The molecule has 1 unspecified atom stereocenters. The van der Waals surface area contributed by atoms with Crippen LogP contribution in [0.1, 0.15) is 46.5 Å². The lowest BCUT2D eigenvalue weighted by Crippen LogP contribution is -2.39. The minimum absolute atomic E-state index is 0.0819. The van der Waals surface area contributed by atoms with E-state index < -0.39 is 26.8 Å². The van der Waals surface area contributed by atoms with Crippen LogP contribution in [0, 0.1) is 5.92 Å². The van der Waals surface area contributed by atoms with Crippen molar-refractivity contribution in [2.75, 3.05) is 5.75 Å². The van der Waals surface area contributed by atoms with Crippen molar-refractivity contribution in [3.05, 3.63) is 0 Å². The Morgan fingerprint density at radius 1 is 1.35 bits per heavy atom. The first-order valence-electron chi connectivity index (χ1n) is 6.64. The van der Waals surface area contributed by atoms with E-state index in [0.717, 1.165) is 25.7 Å². The lowest BCUT2D eigenvalue weighted by atomic mass is 10.0. The van der Waals surface area contributed by atoms with Crippen molar-refractivity contribution in [1.29, 1.82) is 0 Å². The highest BCUT2D eigenvalue weighted by Crippen LogP contribution is 2.30. The maximum atomic E-state index is 11.5. The molecule has 0 aromatic rings. The Hall–Kier alpha value is -0.530. The molecule has 1 saturated carbocycles. The molecule has 1 rings (SSSR count). The van der Waals surface area contributed by atoms with Gasteiger partial charge in [0, 0.05) is 10.7 Å². The summed E-state index contributed by atoms with van der Waals surface area (Å²) in [6.45, 7) is 5.18. The van der Waals surface area contributed by atoms with Crippen molar-refractivity contribution in [1.82, 2.24) is 5.48 Å². The van der Waals surface area contributed by atoms with E-state index in [1.54, 1.807) is 20.8 Å². The highest BCUT2D eigenvalue weighted by molar-refractivity contribution is 8.13. The van der Waals surface area contributed by atoms with Crippen LogP contribution in [0.5, 0.6) is 0 Å². The third-order valence-corrected chi connectivity index (χ3v) is 4.09. The summed E-state index contributed by atoms with van der Waals surface area (Å²) in [5.74, 6) is -0.242. The highest BCUT2D eigenvalue weighted by Gasteiger charge is 2.31. The van der Waals surface area contributed by atoms with Crippen LogP contribution in [0.25, 0.3) is 0 Å². The molecular formula is C12H22ClNO5S. The van der Waals surface area contributed by atoms with Crippen molar-refractivity contribution in [3.63, 3.8) is 0 Å². The van der Waals surface area contributed by atoms with Gasteiger partial charge in [0.1, 0.15) is 11.7 Å². The van der Waals surface area contributed by atoms with Gasteiger partial charge in [0.2, 0.25) is 9.05 Å². The Bertz CT molecular complexity index is 426. The van der Waals surface area contributed by atoms with Crippen LogP contribution in [0.4, 0.5) is 4.79 Å². The second-order valence-electron chi connectivity index (χ2n) is 6.01. The Kier molecular flexibility index (Phi) is 6.09. The maximum absolute atomic E-state index is 11.5. The van der Waals surface area contributed by atoms with E-state index in [0.29, 0.717) is 0 Å². The van der Waals surface area contributed by atoms with Gasteiger partial charge in [0.25, 0.3) is 0 Å². The lowest BCUT2D eigenvalue weighted by Gasteiger charge is -2.24. The average Bonchev–Trinajstić information content (AvgIpc) is 2.73. The van der Waals surface area contributed by atoms with Crippen molar-refractivity contribution >= 4 is 25.8 Å². The number of ether oxygens (including phenoxy) is 1. The maximum Gasteiger partial charge on any atom is 0.431 e. The number of halogens is 1. The number of hydrogen-bond donors (Lipinski definition) is 1. The molecule has 1 N–H and O–H groups in total. The highest BCUT2D eigenvalue weighted by atomic mass is 35.7. The smallest absolute Gasteiger partial charge is 0.431 e. The van der Waals surface area contributed by atoms with Gasteiger partial charge in [-0.05, 0) is 39.5 Å². The van der Waals surface area contributed by atoms with Gasteiger partial charge in [-0.1, -0.05) is 12.8 Å². The predicted molar refractivity (Wildman–Crippen MR) is 75.8 cm³/mol. The quantitative estimate of drug-likeness (QED) is 0.620. The largest absolute Gasteiger partial charge is 0.442 e. The van der Waals surface area contributed by atoms with E-state index in [4.69, 9.17) is 20.3 Å². The fraction of sp³-hybridized carbons (Fsp3) is 0.917. The van der Waals surface area contributed by atoms with Crippen molar-refractivity contribution in [3.8, 4) is 0 Å². The lowest BCUT2D eigenvalue weighted by molar-refractivity contribution is -0.0531. The SMILES string of the molecule is CC(C)(C)OC(=O)NOC(CS(=O)(=O)Cl)C1CCCC1. The van der Waals surface area contributed by atoms with Crippen molar-refractivity contribution < 1.29 is 22.8 Å². The van der Waals surface area contributed by atoms with Gasteiger partial charge in [-0.15, -0.1) is 0 Å². The summed E-state index contributed by atoms with van der Waals surface area (Å²) in [4.78, 5) is 16.7. The van der Waals surface area contributed by atoms with E-state index in [-0.39, 0.29) is 11.7 Å². The van der Waals surface area contributed by atoms with Crippen LogP contribution in [0.15, 0.2) is 0 Å². The zero-order chi connectivity index (χ0) is 15.4. The first-order chi connectivity index (χ1) is 9.07. The van der Waals surface area contributed by atoms with E-state index in [9.17, 15) is 13.2 Å². The Labute approximate surface area is 124 Å². The van der Waals surface area contributed by atoms with Crippen molar-refractivity contribution in [2.45, 2.75) is 58.2 Å². The first-order valence-corrected chi connectivity index (χ1v) is 9.12. The molecule has 20 heavy (non-hydrogen) atoms. The van der Waals surface area contributed by atoms with Gasteiger partial charge < -0.3 is 4.74 Å². The molecule has 0 heterocycles. The molecule has 1 amide bonds. The summed E-state index contributed by atoms with van der Waals surface area (Å²) in [6, 6.07) is 0. The van der Waals surface area contributed by atoms with Crippen molar-refractivity contribution in [2.24, 2.45) is 5.92 Å². The second-order valence-corrected chi connectivity index (χ2v) is 8.83. The normalized spacial score (nSPS) is 18.8. The van der Waals surface area contributed by atoms with Crippen LogP contribution in [0.3, 0.4) is 0 Å². The monoisotopic (exact) mass is 327 g/mol. The summed E-state index contributed by atoms with van der Waals surface area (Å²) in [6.07, 6.45) is 2.40. The number of rotatable bonds is 5. The second kappa shape index (κ2) is 6.95. The molecule has 0 saturated heterocycles. The van der Waals surface area contributed by atoms with Crippen LogP contribution < -0.4 is 5.48 Å². The molecule has 0 aromatic carbocycles. The summed E-state index contributed by atoms with van der Waals surface area (Å²) in [5, 5.41) is 0. The Balaban J connectivity index is 2.54. The van der Waals surface area contributed by atoms with Crippen LogP contribution in [0.2, 0.25) is 0 Å². The molecule has 1 aliphatic carbocycles. The fourth-order valence-corrected chi connectivity index (χ4v) is 3.32. The molecular weight excluding hydrogens is 306 g/mol. The van der Waals surface area contributed by atoms with Crippen LogP contribution in [-0.4, -0.2) is 32.0 Å². The summed E-state index contributed by atoms with van der Waals surface area (Å²) >= 11 is 0. The average molecular weight is 328 g/mol. The molecule has 1 atom stereocenters. The number of carbonyl (C=O) groups excluding carboxylic acids is 1. The van der Waals surface area contributed by atoms with Gasteiger partial charge in [-0.25, -0.2) is 13.2 Å². The first kappa shape index (κ1) is 17.5. The third kappa shape index (κ3) is 7.31. The zero-order valence-electron chi connectivity index (χ0n) is 12.0. The van der Waals surface area contributed by atoms with Crippen LogP contribution in [-0.2, 0) is 18.6 Å². The number of hydroxylamine groups is 1. The van der Waals surface area contributed by atoms with E-state index in [2.05, 4.69) is 5.48 Å². The minimum Gasteiger partial charge on any atom is -0.442 e. The molecule has 0 radical (unpaired) electrons. The van der Waals surface area contributed by atoms with Gasteiger partial charge in [0.15, 0.2) is 0 Å². The molecule has 6 nitrogen and oxygen atoms in total. The molecule has 1 fully saturated rings. The standard InChI is InChI=1S/C12H22ClNO5S/c1-12(2,3)18-11(15)14-19-10(8-20(13,16)17)9-6-4-5-7-9/h9-10H,4-8H2,1-3H3,(H,14,15). The zero-order valence-corrected chi connectivity index (χ0v) is 13.6. The van der Waals surface area contributed by atoms with Crippen LogP contribution >= 0.6 is 10.7 Å². The summed E-state index contributed by atoms with van der Waals surface area (Å²) in [5.41, 5.74) is 1.51. The summed E-state index contributed by atoms with van der Waals surface area (Å²) < 4.78 is 27.5. The number of carbonyl (C=O) groups is 1. The fourth-order valence-electron chi connectivity index (χ4n) is 2.21. The topological polar surface area (TPSA) is 81.7 Å². The van der Waals surface area contributed by atoms with E-state index in [1.807, 2.05) is 0 Å². The minimum atomic E-state index is -3.69.